The largest absolute Gasteiger partial charge is 0.362 e. The molecule has 4 atom stereocenters. The van der Waals surface area contributed by atoms with E-state index < -0.39 is 29.6 Å². The summed E-state index contributed by atoms with van der Waals surface area (Å²) in [5, 5.41) is 14.5. The second kappa shape index (κ2) is 20.5. The van der Waals surface area contributed by atoms with Crippen LogP contribution >= 0.6 is 12.8 Å². The summed E-state index contributed by atoms with van der Waals surface area (Å²) in [6.07, 6.45) is 4.69. The number of hydrogen-bond acceptors (Lipinski definition) is 8. The van der Waals surface area contributed by atoms with Crippen LogP contribution in [-0.2, 0) is 19.2 Å². The Kier molecular flexibility index (Phi) is 19.3. The van der Waals surface area contributed by atoms with Crippen molar-refractivity contribution >= 4 is 42.9 Å². The van der Waals surface area contributed by atoms with Crippen LogP contribution in [0.5, 0.6) is 0 Å². The first-order chi connectivity index (χ1) is 20.9. The standard InChI is InChI=1S/C28H52N6O4S.C2H5NO.C2H4/c1-18(35)20(16-19-11-12-19)30-24(36)21-10-9-14-34(21)25(37)23(28(5,6)7)32-26(38)31-22(27(2,3)4)17-29-13-15-33(8)39;1-3-2-4;1-2/h19-23,29,39H,9-17H2,1-8H3,(H,30,36)(H2,31,32,38);2H,1H3,(H,3,4);1-2H2. The molecule has 0 bridgehead atoms. The van der Waals surface area contributed by atoms with Gasteiger partial charge in [0, 0.05) is 39.3 Å². The number of thiol groups is 1. The Balaban J connectivity index is 0.00000298. The number of carbonyl (C=O) groups is 5. The molecule has 45 heavy (non-hydrogen) atoms. The van der Waals surface area contributed by atoms with E-state index in [-0.39, 0.29) is 29.1 Å². The second-order valence-electron chi connectivity index (χ2n) is 13.9. The van der Waals surface area contributed by atoms with Gasteiger partial charge in [-0.2, -0.15) is 0 Å². The summed E-state index contributed by atoms with van der Waals surface area (Å²) in [4.78, 5) is 63.0. The average molecular weight is 656 g/mol. The van der Waals surface area contributed by atoms with Crippen molar-refractivity contribution in [2.45, 2.75) is 105 Å². The van der Waals surface area contributed by atoms with E-state index in [0.29, 0.717) is 44.7 Å². The lowest BCUT2D eigenvalue weighted by atomic mass is 9.85. The molecule has 5 N–H and O–H groups in total. The Labute approximate surface area is 277 Å². The van der Waals surface area contributed by atoms with E-state index >= 15 is 0 Å². The highest BCUT2D eigenvalue weighted by atomic mass is 32.1. The first kappa shape index (κ1) is 42.4. The van der Waals surface area contributed by atoms with Crippen molar-refractivity contribution in [3.05, 3.63) is 13.2 Å². The van der Waals surface area contributed by atoms with Gasteiger partial charge in [-0.15, -0.1) is 13.2 Å². The van der Waals surface area contributed by atoms with Crippen LogP contribution in [0.3, 0.4) is 0 Å². The van der Waals surface area contributed by atoms with E-state index in [4.69, 9.17) is 4.79 Å². The van der Waals surface area contributed by atoms with Gasteiger partial charge in [0.1, 0.15) is 12.1 Å². The summed E-state index contributed by atoms with van der Waals surface area (Å²) < 4.78 is 1.79. The zero-order chi connectivity index (χ0) is 35.0. The van der Waals surface area contributed by atoms with E-state index in [2.05, 4.69) is 73.3 Å². The maximum Gasteiger partial charge on any atom is 0.315 e. The summed E-state index contributed by atoms with van der Waals surface area (Å²) in [5.41, 5.74) is -0.803. The van der Waals surface area contributed by atoms with Crippen LogP contribution in [0.25, 0.3) is 0 Å². The normalized spacial score (nSPS) is 18.2. The Morgan fingerprint density at radius 2 is 1.58 bits per heavy atom. The zero-order valence-electron chi connectivity index (χ0n) is 29.1. The molecule has 13 heteroatoms. The molecule has 2 rings (SSSR count). The molecule has 260 valence electrons. The highest BCUT2D eigenvalue weighted by molar-refractivity contribution is 7.77. The number of likely N-dealkylation sites (N-methyl/N-ethyl adjacent to an activating group) is 1. The van der Waals surface area contributed by atoms with Crippen molar-refractivity contribution in [1.29, 1.82) is 0 Å². The molecule has 0 aromatic carbocycles. The van der Waals surface area contributed by atoms with Crippen molar-refractivity contribution in [3.8, 4) is 0 Å². The first-order valence-electron chi connectivity index (χ1n) is 15.8. The monoisotopic (exact) mass is 655 g/mol. The van der Waals surface area contributed by atoms with Gasteiger partial charge in [0.2, 0.25) is 18.2 Å². The van der Waals surface area contributed by atoms with Crippen LogP contribution in [0, 0.1) is 16.7 Å². The molecule has 1 heterocycles. The Hall–Kier alpha value is -2.64. The number of amides is 5. The van der Waals surface area contributed by atoms with Crippen molar-refractivity contribution in [2.24, 2.45) is 16.7 Å². The lowest BCUT2D eigenvalue weighted by Gasteiger charge is -2.37. The van der Waals surface area contributed by atoms with Crippen LogP contribution in [0.4, 0.5) is 4.79 Å². The van der Waals surface area contributed by atoms with Gasteiger partial charge in [-0.3, -0.25) is 23.5 Å². The molecular weight excluding hydrogens is 594 g/mol. The highest BCUT2D eigenvalue weighted by Gasteiger charge is 2.43. The maximum absolute atomic E-state index is 13.8. The summed E-state index contributed by atoms with van der Waals surface area (Å²) in [7, 11) is 3.44. The Morgan fingerprint density at radius 1 is 1.00 bits per heavy atom. The van der Waals surface area contributed by atoms with E-state index in [0.717, 1.165) is 25.9 Å². The van der Waals surface area contributed by atoms with Crippen LogP contribution in [-0.4, -0.2) is 104 Å². The minimum Gasteiger partial charge on any atom is -0.362 e. The van der Waals surface area contributed by atoms with Gasteiger partial charge in [0.15, 0.2) is 5.78 Å². The molecule has 5 amide bonds. The van der Waals surface area contributed by atoms with Crippen LogP contribution in [0.1, 0.15) is 80.6 Å². The molecule has 1 aliphatic carbocycles. The predicted molar refractivity (Wildman–Crippen MR) is 184 cm³/mol. The molecule has 1 saturated carbocycles. The van der Waals surface area contributed by atoms with E-state index in [1.165, 1.54) is 6.92 Å². The SMILES string of the molecule is C=C.CC(=O)C(CC1CC1)NC(=O)C1CCCN1C(=O)C(NC(=O)NC(CNCCN(C)S)C(C)(C)C)C(C)(C)C.CNC=O. The van der Waals surface area contributed by atoms with Crippen molar-refractivity contribution in [2.75, 3.05) is 40.3 Å². The maximum atomic E-state index is 13.8. The first-order valence-corrected chi connectivity index (χ1v) is 16.2. The van der Waals surface area contributed by atoms with Crippen molar-refractivity contribution in [3.63, 3.8) is 0 Å². The van der Waals surface area contributed by atoms with Crippen LogP contribution < -0.4 is 26.6 Å². The van der Waals surface area contributed by atoms with Crippen LogP contribution in [0.2, 0.25) is 0 Å². The molecule has 2 aliphatic rings. The van der Waals surface area contributed by atoms with Gasteiger partial charge in [0.05, 0.1) is 6.04 Å². The molecule has 0 radical (unpaired) electrons. The van der Waals surface area contributed by atoms with Gasteiger partial charge >= 0.3 is 6.03 Å². The molecule has 0 aromatic heterocycles. The fourth-order valence-corrected chi connectivity index (χ4v) is 4.89. The van der Waals surface area contributed by atoms with Crippen molar-refractivity contribution < 1.29 is 24.0 Å². The molecule has 1 saturated heterocycles. The summed E-state index contributed by atoms with van der Waals surface area (Å²) in [5.74, 6) is -0.133. The fourth-order valence-electron chi connectivity index (χ4n) is 4.79. The lowest BCUT2D eigenvalue weighted by Crippen LogP contribution is -2.61. The molecule has 1 aliphatic heterocycles. The zero-order valence-corrected chi connectivity index (χ0v) is 30.0. The predicted octanol–water partition coefficient (Wildman–Crippen LogP) is 2.51. The minimum atomic E-state index is -0.827. The Morgan fingerprint density at radius 3 is 2.02 bits per heavy atom. The number of rotatable bonds is 14. The van der Waals surface area contributed by atoms with Gasteiger partial charge in [-0.05, 0) is 50.0 Å². The van der Waals surface area contributed by atoms with Crippen LogP contribution in [0.15, 0.2) is 13.2 Å². The number of urea groups is 1. The van der Waals surface area contributed by atoms with Gasteiger partial charge in [0.25, 0.3) is 0 Å². The highest BCUT2D eigenvalue weighted by Crippen LogP contribution is 2.34. The number of carbonyl (C=O) groups excluding carboxylic acids is 5. The average Bonchev–Trinajstić information content (AvgIpc) is 3.63. The van der Waals surface area contributed by atoms with E-state index in [9.17, 15) is 19.2 Å². The molecular formula is C32H61N7O5S. The summed E-state index contributed by atoms with van der Waals surface area (Å²) in [6.45, 7) is 21.9. The minimum absolute atomic E-state index is 0.0578. The molecule has 0 aromatic rings. The number of ketones is 1. The third-order valence-corrected chi connectivity index (χ3v) is 7.93. The van der Waals surface area contributed by atoms with Gasteiger partial charge < -0.3 is 31.5 Å². The summed E-state index contributed by atoms with van der Waals surface area (Å²) in [6, 6.07) is -2.59. The number of nitrogens with one attached hydrogen (secondary N) is 5. The summed E-state index contributed by atoms with van der Waals surface area (Å²) >= 11 is 4.25. The number of nitrogens with zero attached hydrogens (tertiary/aromatic N) is 2. The fraction of sp³-hybridized carbons (Fsp3) is 0.781. The van der Waals surface area contributed by atoms with E-state index in [1.807, 2.05) is 27.8 Å². The molecule has 12 nitrogen and oxygen atoms in total. The molecule has 4 unspecified atom stereocenters. The second-order valence-corrected chi connectivity index (χ2v) is 14.6. The van der Waals surface area contributed by atoms with Gasteiger partial charge in [-0.25, -0.2) is 4.79 Å². The van der Waals surface area contributed by atoms with Gasteiger partial charge in [-0.1, -0.05) is 67.2 Å². The van der Waals surface area contributed by atoms with Crippen molar-refractivity contribution in [1.82, 2.24) is 35.8 Å². The number of likely N-dealkylation sites (tertiary alicyclic amines) is 1. The number of hydrogen-bond donors (Lipinski definition) is 6. The smallest absolute Gasteiger partial charge is 0.315 e. The Bertz CT molecular complexity index is 947. The third-order valence-electron chi connectivity index (χ3n) is 7.73. The topological polar surface area (TPSA) is 152 Å². The molecule has 0 spiro atoms. The van der Waals surface area contributed by atoms with E-state index in [1.54, 1.807) is 16.3 Å². The quantitative estimate of drug-likeness (QED) is 0.0728. The lowest BCUT2D eigenvalue weighted by molar-refractivity contribution is -0.142. The third kappa shape index (κ3) is 16.5. The molecule has 2 fully saturated rings. The number of Topliss-reactive ketones (excluding diaryl/α,β-unsaturated/α-hetero) is 1.